The van der Waals surface area contributed by atoms with E-state index in [1.54, 1.807) is 13.8 Å². The van der Waals surface area contributed by atoms with Crippen LogP contribution in [-0.2, 0) is 23.8 Å². The predicted molar refractivity (Wildman–Crippen MR) is 63.2 cm³/mol. The van der Waals surface area contributed by atoms with Gasteiger partial charge in [0.1, 0.15) is 19.5 Å². The molecule has 0 radical (unpaired) electrons. The molecule has 0 unspecified atom stereocenters. The maximum absolute atomic E-state index is 11.9. The van der Waals surface area contributed by atoms with E-state index in [9.17, 15) is 9.59 Å². The Kier molecular flexibility index (Phi) is 6.67. The molecule has 0 bridgehead atoms. The maximum Gasteiger partial charge on any atom is 0.365 e. The normalized spacial score (nSPS) is 18.1. The Labute approximate surface area is 107 Å². The summed E-state index contributed by atoms with van der Waals surface area (Å²) in [6, 6.07) is -0.479. The van der Waals surface area contributed by atoms with Gasteiger partial charge in [0.25, 0.3) is 0 Å². The maximum atomic E-state index is 11.9. The van der Waals surface area contributed by atoms with Crippen LogP contribution in [0.25, 0.3) is 0 Å². The van der Waals surface area contributed by atoms with Crippen molar-refractivity contribution in [3.05, 3.63) is 0 Å². The van der Waals surface area contributed by atoms with Crippen molar-refractivity contribution in [3.8, 4) is 0 Å². The van der Waals surface area contributed by atoms with E-state index in [2.05, 4.69) is 0 Å². The van der Waals surface area contributed by atoms with Gasteiger partial charge in [0.2, 0.25) is 0 Å². The van der Waals surface area contributed by atoms with E-state index in [1.165, 1.54) is 0 Å². The van der Waals surface area contributed by atoms with Crippen LogP contribution in [0.15, 0.2) is 0 Å². The Balaban J connectivity index is 2.61. The summed E-state index contributed by atoms with van der Waals surface area (Å²) >= 11 is 0. The van der Waals surface area contributed by atoms with Gasteiger partial charge in [0, 0.05) is 0 Å². The molecule has 104 valence electrons. The Bertz CT molecular complexity index is 276. The van der Waals surface area contributed by atoms with Crippen LogP contribution in [0.2, 0.25) is 0 Å². The molecule has 1 aliphatic rings. The molecule has 1 atom stereocenters. The molecule has 0 aliphatic carbocycles. The molecular formula is C12H22NO5+. The molecule has 1 aliphatic heterocycles. The highest BCUT2D eigenvalue weighted by Gasteiger charge is 2.34. The second kappa shape index (κ2) is 8.05. The molecule has 0 aromatic heterocycles. The average molecular weight is 260 g/mol. The molecule has 0 aromatic rings. The van der Waals surface area contributed by atoms with Gasteiger partial charge in [0.05, 0.1) is 26.4 Å². The number of rotatable bonds is 6. The van der Waals surface area contributed by atoms with Gasteiger partial charge in [-0.25, -0.2) is 4.79 Å². The SMILES string of the molecule is CCOC(=O)C[C@H](C(=O)OCC)[NH+]1CCOCC1. The monoisotopic (exact) mass is 260 g/mol. The van der Waals surface area contributed by atoms with E-state index in [-0.39, 0.29) is 18.4 Å². The fraction of sp³-hybridized carbons (Fsp3) is 0.833. The zero-order valence-electron chi connectivity index (χ0n) is 11.1. The zero-order chi connectivity index (χ0) is 13.4. The number of esters is 2. The highest BCUT2D eigenvalue weighted by molar-refractivity contribution is 5.81. The van der Waals surface area contributed by atoms with Gasteiger partial charge >= 0.3 is 11.9 Å². The number of morpholine rings is 1. The van der Waals surface area contributed by atoms with Crippen LogP contribution in [0.1, 0.15) is 20.3 Å². The van der Waals surface area contributed by atoms with Crippen molar-refractivity contribution in [3.63, 3.8) is 0 Å². The van der Waals surface area contributed by atoms with Crippen LogP contribution in [-0.4, -0.2) is 57.5 Å². The summed E-state index contributed by atoms with van der Waals surface area (Å²) in [5.74, 6) is -0.683. The number of hydrogen-bond donors (Lipinski definition) is 1. The Morgan fingerprint density at radius 1 is 1.17 bits per heavy atom. The quantitative estimate of drug-likeness (QED) is 0.607. The fourth-order valence-electron chi connectivity index (χ4n) is 2.01. The van der Waals surface area contributed by atoms with Crippen molar-refractivity contribution in [2.75, 3.05) is 39.5 Å². The van der Waals surface area contributed by atoms with E-state index in [1.807, 2.05) is 0 Å². The first-order valence-corrected chi connectivity index (χ1v) is 6.43. The summed E-state index contributed by atoms with van der Waals surface area (Å²) in [6.07, 6.45) is 0.0714. The van der Waals surface area contributed by atoms with Crippen molar-refractivity contribution in [2.24, 2.45) is 0 Å². The van der Waals surface area contributed by atoms with Gasteiger partial charge < -0.3 is 19.1 Å². The van der Waals surface area contributed by atoms with E-state index in [0.29, 0.717) is 39.5 Å². The Hall–Kier alpha value is -1.14. The molecule has 0 aromatic carbocycles. The Morgan fingerprint density at radius 3 is 2.33 bits per heavy atom. The van der Waals surface area contributed by atoms with Gasteiger partial charge in [0.15, 0.2) is 6.04 Å². The van der Waals surface area contributed by atoms with E-state index >= 15 is 0 Å². The average Bonchev–Trinajstić information content (AvgIpc) is 2.37. The van der Waals surface area contributed by atoms with Crippen LogP contribution in [0.5, 0.6) is 0 Å². The summed E-state index contributed by atoms with van der Waals surface area (Å²) in [5, 5.41) is 0. The smallest absolute Gasteiger partial charge is 0.365 e. The van der Waals surface area contributed by atoms with Crippen molar-refractivity contribution >= 4 is 11.9 Å². The number of hydrogen-bond acceptors (Lipinski definition) is 5. The molecule has 18 heavy (non-hydrogen) atoms. The third-order valence-corrected chi connectivity index (χ3v) is 2.88. The molecule has 1 N–H and O–H groups in total. The molecular weight excluding hydrogens is 238 g/mol. The first kappa shape index (κ1) is 14.9. The van der Waals surface area contributed by atoms with Crippen molar-refractivity contribution in [1.29, 1.82) is 0 Å². The van der Waals surface area contributed by atoms with Gasteiger partial charge in [-0.2, -0.15) is 0 Å². The van der Waals surface area contributed by atoms with Gasteiger partial charge in [-0.15, -0.1) is 0 Å². The standard InChI is InChI=1S/C12H21NO5/c1-3-17-11(14)9-10(12(15)18-4-2)13-5-7-16-8-6-13/h10H,3-9H2,1-2H3/p+1/t10-/m1/s1. The second-order valence-electron chi connectivity index (χ2n) is 4.08. The minimum atomic E-state index is -0.479. The second-order valence-corrected chi connectivity index (χ2v) is 4.08. The highest BCUT2D eigenvalue weighted by Crippen LogP contribution is 1.97. The first-order valence-electron chi connectivity index (χ1n) is 6.43. The van der Waals surface area contributed by atoms with Crippen molar-refractivity contribution in [1.82, 2.24) is 0 Å². The predicted octanol–water partition coefficient (Wildman–Crippen LogP) is -1.21. The molecule has 0 amide bonds. The van der Waals surface area contributed by atoms with Crippen LogP contribution >= 0.6 is 0 Å². The topological polar surface area (TPSA) is 66.3 Å². The number of quaternary nitrogens is 1. The molecule has 6 nitrogen and oxygen atoms in total. The van der Waals surface area contributed by atoms with Crippen molar-refractivity contribution < 1.29 is 28.7 Å². The summed E-state index contributed by atoms with van der Waals surface area (Å²) < 4.78 is 15.2. The lowest BCUT2D eigenvalue weighted by molar-refractivity contribution is -0.923. The van der Waals surface area contributed by atoms with E-state index < -0.39 is 6.04 Å². The highest BCUT2D eigenvalue weighted by atomic mass is 16.5. The van der Waals surface area contributed by atoms with E-state index in [0.717, 1.165) is 4.90 Å². The molecule has 6 heteroatoms. The fourth-order valence-corrected chi connectivity index (χ4v) is 2.01. The lowest BCUT2D eigenvalue weighted by Crippen LogP contribution is -3.18. The summed E-state index contributed by atoms with van der Waals surface area (Å²) in [7, 11) is 0. The third kappa shape index (κ3) is 4.62. The molecule has 1 fully saturated rings. The number of ether oxygens (including phenoxy) is 3. The molecule has 0 saturated carbocycles. The molecule has 1 heterocycles. The molecule has 1 rings (SSSR count). The minimum Gasteiger partial charge on any atom is -0.466 e. The number of carbonyl (C=O) groups excluding carboxylic acids is 2. The van der Waals surface area contributed by atoms with Crippen molar-refractivity contribution in [2.45, 2.75) is 26.3 Å². The summed E-state index contributed by atoms with van der Waals surface area (Å²) in [6.45, 7) is 6.79. The van der Waals surface area contributed by atoms with Crippen LogP contribution < -0.4 is 4.90 Å². The lowest BCUT2D eigenvalue weighted by Gasteiger charge is -2.29. The van der Waals surface area contributed by atoms with Gasteiger partial charge in [-0.3, -0.25) is 4.79 Å². The zero-order valence-corrected chi connectivity index (χ0v) is 11.1. The van der Waals surface area contributed by atoms with Crippen LogP contribution in [0, 0.1) is 0 Å². The number of carbonyl (C=O) groups is 2. The van der Waals surface area contributed by atoms with E-state index in [4.69, 9.17) is 14.2 Å². The molecule has 0 spiro atoms. The Morgan fingerprint density at radius 2 is 1.78 bits per heavy atom. The largest absolute Gasteiger partial charge is 0.466 e. The lowest BCUT2D eigenvalue weighted by atomic mass is 10.1. The minimum absolute atomic E-state index is 0.0714. The molecule has 1 saturated heterocycles. The third-order valence-electron chi connectivity index (χ3n) is 2.88. The van der Waals surface area contributed by atoms with Crippen LogP contribution in [0.4, 0.5) is 0 Å². The van der Waals surface area contributed by atoms with Crippen LogP contribution in [0.3, 0.4) is 0 Å². The number of nitrogens with one attached hydrogen (secondary N) is 1. The first-order chi connectivity index (χ1) is 8.69. The van der Waals surface area contributed by atoms with Gasteiger partial charge in [-0.1, -0.05) is 0 Å². The van der Waals surface area contributed by atoms with Gasteiger partial charge in [-0.05, 0) is 13.8 Å². The summed E-state index contributed by atoms with van der Waals surface area (Å²) in [4.78, 5) is 24.5. The summed E-state index contributed by atoms with van der Waals surface area (Å²) in [5.41, 5.74) is 0.